The van der Waals surface area contributed by atoms with Crippen molar-refractivity contribution in [2.45, 2.75) is 51.5 Å². The number of carboxylic acids is 1. The average molecular weight is 333 g/mol. The standard InChI is InChI=1S/C19H27NO4/c1-14(13-15-6-9-17(24-2)10-7-15)19(23)20-12-4-3-5-16(20)8-11-18(21)22/h6-7,9-10,14,16H,3-5,8,11-13H2,1-2H3,(H,21,22)/t14-,16-/m0/s1. The van der Waals surface area contributed by atoms with Crippen LogP contribution in [0, 0.1) is 5.92 Å². The van der Waals surface area contributed by atoms with Crippen LogP contribution in [-0.4, -0.2) is 41.6 Å². The van der Waals surface area contributed by atoms with Gasteiger partial charge in [0.1, 0.15) is 5.75 Å². The summed E-state index contributed by atoms with van der Waals surface area (Å²) >= 11 is 0. The summed E-state index contributed by atoms with van der Waals surface area (Å²) in [6.07, 6.45) is 4.35. The summed E-state index contributed by atoms with van der Waals surface area (Å²) in [4.78, 5) is 25.6. The normalized spacial score (nSPS) is 18.9. The third kappa shape index (κ3) is 4.98. The lowest BCUT2D eigenvalue weighted by atomic mass is 9.94. The summed E-state index contributed by atoms with van der Waals surface area (Å²) < 4.78 is 5.15. The molecular formula is C19H27NO4. The zero-order chi connectivity index (χ0) is 17.5. The van der Waals surface area contributed by atoms with Gasteiger partial charge in [0, 0.05) is 24.9 Å². The second-order valence-electron chi connectivity index (χ2n) is 6.57. The number of carbonyl (C=O) groups is 2. The lowest BCUT2D eigenvalue weighted by molar-refractivity contribution is -0.142. The van der Waals surface area contributed by atoms with E-state index in [1.807, 2.05) is 36.1 Å². The molecule has 1 heterocycles. The summed E-state index contributed by atoms with van der Waals surface area (Å²) in [7, 11) is 1.63. The van der Waals surface area contributed by atoms with Crippen molar-refractivity contribution in [2.24, 2.45) is 5.92 Å². The van der Waals surface area contributed by atoms with Crippen molar-refractivity contribution < 1.29 is 19.4 Å². The Kier molecular flexibility index (Phi) is 6.64. The Morgan fingerprint density at radius 1 is 1.29 bits per heavy atom. The number of likely N-dealkylation sites (tertiary alicyclic amines) is 1. The molecule has 0 saturated carbocycles. The maximum absolute atomic E-state index is 12.8. The molecule has 0 aliphatic carbocycles. The number of nitrogens with zero attached hydrogens (tertiary/aromatic N) is 1. The number of carboxylic acid groups (broad SMARTS) is 1. The van der Waals surface area contributed by atoms with Gasteiger partial charge in [-0.15, -0.1) is 0 Å². The van der Waals surface area contributed by atoms with Gasteiger partial charge in [-0.3, -0.25) is 9.59 Å². The molecule has 5 nitrogen and oxygen atoms in total. The van der Waals surface area contributed by atoms with Crippen molar-refractivity contribution in [3.05, 3.63) is 29.8 Å². The third-order valence-corrected chi connectivity index (χ3v) is 4.72. The Morgan fingerprint density at radius 3 is 2.62 bits per heavy atom. The van der Waals surface area contributed by atoms with Crippen LogP contribution >= 0.6 is 0 Å². The summed E-state index contributed by atoms with van der Waals surface area (Å²) in [5, 5.41) is 8.90. The number of ether oxygens (including phenoxy) is 1. The Labute approximate surface area is 143 Å². The molecule has 2 atom stereocenters. The first-order valence-corrected chi connectivity index (χ1v) is 8.66. The molecular weight excluding hydrogens is 306 g/mol. The molecule has 1 aliphatic heterocycles. The van der Waals surface area contributed by atoms with E-state index in [0.29, 0.717) is 12.8 Å². The molecule has 1 fully saturated rings. The fourth-order valence-electron chi connectivity index (χ4n) is 3.37. The van der Waals surface area contributed by atoms with Crippen LogP contribution in [0.15, 0.2) is 24.3 Å². The third-order valence-electron chi connectivity index (χ3n) is 4.72. The molecule has 1 amide bonds. The highest BCUT2D eigenvalue weighted by Crippen LogP contribution is 2.24. The minimum absolute atomic E-state index is 0.0701. The Balaban J connectivity index is 1.97. The van der Waals surface area contributed by atoms with E-state index in [0.717, 1.165) is 37.1 Å². The molecule has 0 unspecified atom stereocenters. The smallest absolute Gasteiger partial charge is 0.303 e. The summed E-state index contributed by atoms with van der Waals surface area (Å²) in [6.45, 7) is 2.70. The van der Waals surface area contributed by atoms with Crippen molar-refractivity contribution in [3.8, 4) is 5.75 Å². The van der Waals surface area contributed by atoms with Crippen molar-refractivity contribution in [1.82, 2.24) is 4.90 Å². The van der Waals surface area contributed by atoms with Gasteiger partial charge in [0.05, 0.1) is 7.11 Å². The summed E-state index contributed by atoms with van der Waals surface area (Å²) in [5.41, 5.74) is 1.11. The Morgan fingerprint density at radius 2 is 2.00 bits per heavy atom. The van der Waals surface area contributed by atoms with Gasteiger partial charge in [-0.2, -0.15) is 0 Å². The first-order chi connectivity index (χ1) is 11.5. The fraction of sp³-hybridized carbons (Fsp3) is 0.579. The minimum Gasteiger partial charge on any atom is -0.497 e. The summed E-state index contributed by atoms with van der Waals surface area (Å²) in [6, 6.07) is 7.86. The lowest BCUT2D eigenvalue weighted by Gasteiger charge is -2.37. The molecule has 1 N–H and O–H groups in total. The predicted octanol–water partition coefficient (Wildman–Crippen LogP) is 3.12. The molecule has 5 heteroatoms. The molecule has 1 saturated heterocycles. The zero-order valence-corrected chi connectivity index (χ0v) is 14.5. The molecule has 1 aliphatic rings. The summed E-state index contributed by atoms with van der Waals surface area (Å²) in [5.74, 6) is 0.0477. The maximum Gasteiger partial charge on any atom is 0.303 e. The van der Waals surface area contributed by atoms with Crippen molar-refractivity contribution in [3.63, 3.8) is 0 Å². The van der Waals surface area contributed by atoms with Crippen LogP contribution in [0.1, 0.15) is 44.6 Å². The van der Waals surface area contributed by atoms with Gasteiger partial charge in [-0.25, -0.2) is 0 Å². The van der Waals surface area contributed by atoms with Gasteiger partial charge in [0.15, 0.2) is 0 Å². The molecule has 0 radical (unpaired) electrons. The van der Waals surface area contributed by atoms with Gasteiger partial charge in [0.2, 0.25) is 5.91 Å². The maximum atomic E-state index is 12.8. The number of methoxy groups -OCH3 is 1. The number of piperidine rings is 1. The number of amides is 1. The van der Waals surface area contributed by atoms with Crippen LogP contribution in [0.3, 0.4) is 0 Å². The van der Waals surface area contributed by atoms with Gasteiger partial charge in [0.25, 0.3) is 0 Å². The number of rotatable bonds is 7. The second-order valence-corrected chi connectivity index (χ2v) is 6.57. The number of aliphatic carboxylic acids is 1. The fourth-order valence-corrected chi connectivity index (χ4v) is 3.37. The monoisotopic (exact) mass is 333 g/mol. The molecule has 0 spiro atoms. The second kappa shape index (κ2) is 8.71. The molecule has 0 aromatic heterocycles. The first kappa shape index (κ1) is 18.3. The number of benzene rings is 1. The van der Waals surface area contributed by atoms with Gasteiger partial charge < -0.3 is 14.7 Å². The van der Waals surface area contributed by atoms with Crippen LogP contribution < -0.4 is 4.74 Å². The Bertz CT molecular complexity index is 555. The molecule has 24 heavy (non-hydrogen) atoms. The van der Waals surface area contributed by atoms with E-state index >= 15 is 0 Å². The van der Waals surface area contributed by atoms with E-state index in [4.69, 9.17) is 9.84 Å². The van der Waals surface area contributed by atoms with Gasteiger partial charge in [-0.05, 0) is 49.8 Å². The highest BCUT2D eigenvalue weighted by molar-refractivity contribution is 5.79. The zero-order valence-electron chi connectivity index (χ0n) is 14.5. The van der Waals surface area contributed by atoms with E-state index in [2.05, 4.69) is 0 Å². The van der Waals surface area contributed by atoms with Crippen LogP contribution in [0.5, 0.6) is 5.75 Å². The van der Waals surface area contributed by atoms with Crippen LogP contribution in [0.4, 0.5) is 0 Å². The van der Waals surface area contributed by atoms with Crippen LogP contribution in [0.25, 0.3) is 0 Å². The highest BCUT2D eigenvalue weighted by atomic mass is 16.5. The molecule has 1 aromatic carbocycles. The molecule has 132 valence electrons. The van der Waals surface area contributed by atoms with E-state index in [9.17, 15) is 9.59 Å². The largest absolute Gasteiger partial charge is 0.497 e. The Hall–Kier alpha value is -2.04. The van der Waals surface area contributed by atoms with Crippen molar-refractivity contribution in [2.75, 3.05) is 13.7 Å². The van der Waals surface area contributed by atoms with E-state index in [1.165, 1.54) is 0 Å². The minimum atomic E-state index is -0.792. The first-order valence-electron chi connectivity index (χ1n) is 8.66. The van der Waals surface area contributed by atoms with Gasteiger partial charge in [-0.1, -0.05) is 19.1 Å². The quantitative estimate of drug-likeness (QED) is 0.832. The topological polar surface area (TPSA) is 66.8 Å². The van der Waals surface area contributed by atoms with Crippen LogP contribution in [0.2, 0.25) is 0 Å². The van der Waals surface area contributed by atoms with Crippen molar-refractivity contribution in [1.29, 1.82) is 0 Å². The molecule has 1 aromatic rings. The highest BCUT2D eigenvalue weighted by Gasteiger charge is 2.29. The van der Waals surface area contributed by atoms with Crippen molar-refractivity contribution >= 4 is 11.9 Å². The number of hydrogen-bond donors (Lipinski definition) is 1. The van der Waals surface area contributed by atoms with E-state index in [-0.39, 0.29) is 24.3 Å². The average Bonchev–Trinajstić information content (AvgIpc) is 2.60. The lowest BCUT2D eigenvalue weighted by Crippen LogP contribution is -2.46. The molecule has 0 bridgehead atoms. The van der Waals surface area contributed by atoms with E-state index < -0.39 is 5.97 Å². The number of hydrogen-bond acceptors (Lipinski definition) is 3. The molecule has 2 rings (SSSR count). The SMILES string of the molecule is COc1ccc(C[C@H](C)C(=O)N2CCCC[C@H]2CCC(=O)O)cc1. The van der Waals surface area contributed by atoms with E-state index in [1.54, 1.807) is 7.11 Å². The van der Waals surface area contributed by atoms with Gasteiger partial charge >= 0.3 is 5.97 Å². The number of carbonyl (C=O) groups excluding carboxylic acids is 1. The predicted molar refractivity (Wildman–Crippen MR) is 92.1 cm³/mol. The van der Waals surface area contributed by atoms with Crippen LogP contribution in [-0.2, 0) is 16.0 Å².